The van der Waals surface area contributed by atoms with Gasteiger partial charge in [0.1, 0.15) is 6.10 Å². The van der Waals surface area contributed by atoms with Crippen LogP contribution >= 0.6 is 0 Å². The third-order valence-electron chi connectivity index (χ3n) is 10.7. The van der Waals surface area contributed by atoms with Gasteiger partial charge >= 0.3 is 11.9 Å². The first-order valence-corrected chi connectivity index (χ1v) is 10.2. The summed E-state index contributed by atoms with van der Waals surface area (Å²) in [5, 5.41) is 0. The molecule has 130 valence electrons. The lowest BCUT2D eigenvalue weighted by atomic mass is 9.43. The summed E-state index contributed by atoms with van der Waals surface area (Å²) in [5.74, 6) is 4.84. The van der Waals surface area contributed by atoms with Crippen molar-refractivity contribution < 1.29 is 19.1 Å². The second-order valence-electron chi connectivity index (χ2n) is 10.2. The molecule has 0 aromatic rings. The molecule has 1 aliphatic heterocycles. The summed E-state index contributed by atoms with van der Waals surface area (Å²) in [4.78, 5) is 27.1. The molecule has 9 aliphatic rings. The van der Waals surface area contributed by atoms with Gasteiger partial charge in [0.05, 0.1) is 17.9 Å². The quantitative estimate of drug-likeness (QED) is 0.542. The van der Waals surface area contributed by atoms with Gasteiger partial charge in [0, 0.05) is 5.92 Å². The highest BCUT2D eigenvalue weighted by Crippen LogP contribution is 2.98. The van der Waals surface area contributed by atoms with Gasteiger partial charge in [0.15, 0.2) is 0 Å². The first-order valence-electron chi connectivity index (χ1n) is 10.2. The lowest BCUT2D eigenvalue weighted by Gasteiger charge is -2.60. The standard InChI is InChI=1S/C21H22O4/c1-24-18(22)20-14-7-3-2-4-8(7)15-12(14)13-16(20)9-5-6-10-11(9)17(13)21(15,20)19(23)25-10/h2-3,7-17H,4-6H2,1H3/t7-,8+,9-,10+,11+,12+,13+,14+,15+,16-,17+,20-,21-/m1/s1. The van der Waals surface area contributed by atoms with Gasteiger partial charge < -0.3 is 9.47 Å². The maximum atomic E-state index is 13.6. The summed E-state index contributed by atoms with van der Waals surface area (Å²) < 4.78 is 11.6. The SMILES string of the molecule is COC(=O)[C@@]12[C@@H]3[C@@H]4CC[C@@H]5OC(=O)[C@@]16[C@H]([C@H]3[C@H]1[C@@H]2[C@@H]2C=CC[C@@H]2[C@@H]16)[C@@H]45. The Morgan fingerprint density at radius 3 is 2.80 bits per heavy atom. The fourth-order valence-corrected chi connectivity index (χ4v) is 11.4. The maximum Gasteiger partial charge on any atom is 0.314 e. The monoisotopic (exact) mass is 338 g/mol. The fraction of sp³-hybridized carbons (Fsp3) is 0.810. The normalized spacial score (nSPS) is 70.4. The number of hydrogen-bond donors (Lipinski definition) is 0. The summed E-state index contributed by atoms with van der Waals surface area (Å²) in [5.41, 5.74) is -1.09. The summed E-state index contributed by atoms with van der Waals surface area (Å²) in [6.45, 7) is 0. The topological polar surface area (TPSA) is 52.6 Å². The van der Waals surface area contributed by atoms with Crippen LogP contribution in [0.2, 0.25) is 0 Å². The van der Waals surface area contributed by atoms with Crippen molar-refractivity contribution in [2.75, 3.05) is 7.11 Å². The Bertz CT molecular complexity index is 813. The van der Waals surface area contributed by atoms with Crippen LogP contribution in [0.25, 0.3) is 0 Å². The Labute approximate surface area is 146 Å². The minimum Gasteiger partial charge on any atom is -0.469 e. The van der Waals surface area contributed by atoms with E-state index in [-0.39, 0.29) is 18.0 Å². The molecular weight excluding hydrogens is 316 g/mol. The molecule has 25 heavy (non-hydrogen) atoms. The Hall–Kier alpha value is -1.32. The lowest BCUT2D eigenvalue weighted by Crippen LogP contribution is -2.68. The Balaban J connectivity index is 1.49. The lowest BCUT2D eigenvalue weighted by molar-refractivity contribution is -0.231. The van der Waals surface area contributed by atoms with Crippen LogP contribution in [-0.2, 0) is 19.1 Å². The highest BCUT2D eigenvalue weighted by atomic mass is 16.6. The molecule has 13 atom stereocenters. The number of methoxy groups -OCH3 is 1. The molecule has 0 radical (unpaired) electrons. The molecule has 4 nitrogen and oxygen atoms in total. The van der Waals surface area contributed by atoms with Gasteiger partial charge in [-0.2, -0.15) is 0 Å². The van der Waals surface area contributed by atoms with Gasteiger partial charge in [-0.1, -0.05) is 12.2 Å². The average molecular weight is 338 g/mol. The average Bonchev–Trinajstić information content (AvgIpc) is 3.36. The van der Waals surface area contributed by atoms with E-state index in [1.165, 1.54) is 7.11 Å². The molecule has 8 aliphatic carbocycles. The highest BCUT2D eigenvalue weighted by molar-refractivity contribution is 5.95. The van der Waals surface area contributed by atoms with Crippen molar-refractivity contribution in [3.8, 4) is 0 Å². The molecule has 1 spiro atoms. The molecule has 7 saturated carbocycles. The van der Waals surface area contributed by atoms with Gasteiger partial charge in [-0.3, -0.25) is 9.59 Å². The summed E-state index contributed by atoms with van der Waals surface area (Å²) >= 11 is 0. The number of fused-ring (bicyclic) bond motifs is 1. The van der Waals surface area contributed by atoms with Gasteiger partial charge in [-0.15, -0.1) is 0 Å². The third-order valence-corrected chi connectivity index (χ3v) is 10.7. The predicted molar refractivity (Wildman–Crippen MR) is 84.7 cm³/mol. The van der Waals surface area contributed by atoms with Crippen molar-refractivity contribution in [2.45, 2.75) is 25.4 Å². The molecule has 0 aromatic heterocycles. The molecule has 1 heterocycles. The molecule has 0 unspecified atom stereocenters. The van der Waals surface area contributed by atoms with Gasteiger partial charge in [-0.05, 0) is 72.5 Å². The molecule has 8 fully saturated rings. The molecular formula is C21H22O4. The van der Waals surface area contributed by atoms with E-state index in [4.69, 9.17) is 9.47 Å². The molecule has 1 saturated heterocycles. The van der Waals surface area contributed by atoms with Gasteiger partial charge in [-0.25, -0.2) is 0 Å². The number of hydrogen-bond acceptors (Lipinski definition) is 4. The summed E-state index contributed by atoms with van der Waals surface area (Å²) in [6.07, 6.45) is 8.07. The van der Waals surface area contributed by atoms with Crippen LogP contribution in [0.5, 0.6) is 0 Å². The molecule has 0 N–H and O–H groups in total. The fourth-order valence-electron chi connectivity index (χ4n) is 11.4. The number of rotatable bonds is 1. The molecule has 0 amide bonds. The first-order chi connectivity index (χ1) is 12.2. The minimum atomic E-state index is -0.560. The van der Waals surface area contributed by atoms with E-state index in [2.05, 4.69) is 12.2 Å². The van der Waals surface area contributed by atoms with E-state index in [1.54, 1.807) is 0 Å². The van der Waals surface area contributed by atoms with Crippen molar-refractivity contribution in [2.24, 2.45) is 70.0 Å². The molecule has 9 rings (SSSR count). The van der Waals surface area contributed by atoms with Crippen LogP contribution in [0.1, 0.15) is 19.3 Å². The van der Waals surface area contributed by atoms with Crippen LogP contribution < -0.4 is 0 Å². The number of carbonyl (C=O) groups excluding carboxylic acids is 2. The largest absolute Gasteiger partial charge is 0.469 e. The number of carbonyl (C=O) groups is 2. The molecule has 4 heteroatoms. The van der Waals surface area contributed by atoms with Crippen molar-refractivity contribution in [1.29, 1.82) is 0 Å². The van der Waals surface area contributed by atoms with E-state index in [9.17, 15) is 9.59 Å². The van der Waals surface area contributed by atoms with E-state index in [1.807, 2.05) is 0 Å². The van der Waals surface area contributed by atoms with Crippen LogP contribution in [0, 0.1) is 70.0 Å². The van der Waals surface area contributed by atoms with Crippen LogP contribution in [0.15, 0.2) is 12.2 Å². The zero-order valence-corrected chi connectivity index (χ0v) is 14.3. The van der Waals surface area contributed by atoms with E-state index in [0.29, 0.717) is 59.2 Å². The zero-order valence-electron chi connectivity index (χ0n) is 14.3. The molecule has 0 aromatic carbocycles. The van der Waals surface area contributed by atoms with Crippen molar-refractivity contribution in [1.82, 2.24) is 0 Å². The van der Waals surface area contributed by atoms with Crippen molar-refractivity contribution >= 4 is 11.9 Å². The van der Waals surface area contributed by atoms with Crippen molar-refractivity contribution in [3.63, 3.8) is 0 Å². The second kappa shape index (κ2) is 3.32. The van der Waals surface area contributed by atoms with Gasteiger partial charge in [0.2, 0.25) is 0 Å². The Morgan fingerprint density at radius 2 is 1.96 bits per heavy atom. The van der Waals surface area contributed by atoms with E-state index >= 15 is 0 Å². The van der Waals surface area contributed by atoms with Crippen LogP contribution in [-0.4, -0.2) is 25.2 Å². The Kier molecular flexibility index (Phi) is 1.72. The number of allylic oxidation sites excluding steroid dienone is 2. The van der Waals surface area contributed by atoms with Gasteiger partial charge in [0.25, 0.3) is 0 Å². The molecule has 8 bridgehead atoms. The number of esters is 2. The van der Waals surface area contributed by atoms with E-state index < -0.39 is 10.8 Å². The summed E-state index contributed by atoms with van der Waals surface area (Å²) in [7, 11) is 1.53. The van der Waals surface area contributed by atoms with Crippen LogP contribution in [0.4, 0.5) is 0 Å². The second-order valence-corrected chi connectivity index (χ2v) is 10.2. The maximum absolute atomic E-state index is 13.6. The Morgan fingerprint density at radius 1 is 1.12 bits per heavy atom. The van der Waals surface area contributed by atoms with E-state index in [0.717, 1.165) is 19.3 Å². The predicted octanol–water partition coefficient (Wildman–Crippen LogP) is 2.04. The highest BCUT2D eigenvalue weighted by Gasteiger charge is 3.02. The smallest absolute Gasteiger partial charge is 0.314 e. The van der Waals surface area contributed by atoms with Crippen LogP contribution in [0.3, 0.4) is 0 Å². The number of ether oxygens (including phenoxy) is 2. The minimum absolute atomic E-state index is 0.00245. The third kappa shape index (κ3) is 0.821. The first kappa shape index (κ1) is 12.9. The zero-order chi connectivity index (χ0) is 16.5. The summed E-state index contributed by atoms with van der Waals surface area (Å²) in [6, 6.07) is 0. The van der Waals surface area contributed by atoms with Crippen molar-refractivity contribution in [3.05, 3.63) is 12.2 Å².